The number of hydrogen-bond acceptors (Lipinski definition) is 6. The SMILES string of the molecule is CC(c1ccccc1)N1CCN(C(=O)Cc2nnc3n(CC4CCOC4)c(=O)c4ccccc4n23)CC1. The molecule has 6 rings (SSSR count). The largest absolute Gasteiger partial charge is 0.381 e. The van der Waals surface area contributed by atoms with Gasteiger partial charge in [0.05, 0.1) is 23.9 Å². The topological polar surface area (TPSA) is 85.0 Å². The van der Waals surface area contributed by atoms with E-state index in [0.717, 1.165) is 25.0 Å². The number of nitrogens with zero attached hydrogens (tertiary/aromatic N) is 6. The molecule has 0 aliphatic carbocycles. The molecule has 0 radical (unpaired) electrons. The standard InChI is InChI=1S/C28H32N6O3/c1-20(22-7-3-2-4-8-22)31-12-14-32(15-13-31)26(35)17-25-29-30-28-33(18-21-11-16-37-19-21)27(36)23-9-5-6-10-24(23)34(25)28/h2-10,20-21H,11-19H2,1H3. The van der Waals surface area contributed by atoms with Crippen LogP contribution in [0.25, 0.3) is 16.7 Å². The molecule has 192 valence electrons. The summed E-state index contributed by atoms with van der Waals surface area (Å²) >= 11 is 0. The average molecular weight is 501 g/mol. The molecule has 2 aromatic heterocycles. The summed E-state index contributed by atoms with van der Waals surface area (Å²) in [6.07, 6.45) is 1.06. The molecule has 0 bridgehead atoms. The fourth-order valence-corrected chi connectivity index (χ4v) is 5.63. The van der Waals surface area contributed by atoms with E-state index in [1.807, 2.05) is 39.6 Å². The first-order valence-electron chi connectivity index (χ1n) is 13.1. The lowest BCUT2D eigenvalue weighted by molar-refractivity contribution is -0.132. The van der Waals surface area contributed by atoms with E-state index in [1.165, 1.54) is 5.56 Å². The van der Waals surface area contributed by atoms with Crippen LogP contribution in [0, 0.1) is 5.92 Å². The third-order valence-corrected chi connectivity index (χ3v) is 7.85. The Morgan fingerprint density at radius 2 is 1.78 bits per heavy atom. The van der Waals surface area contributed by atoms with Crippen molar-refractivity contribution in [2.75, 3.05) is 39.4 Å². The molecule has 0 saturated carbocycles. The van der Waals surface area contributed by atoms with Crippen LogP contribution >= 0.6 is 0 Å². The van der Waals surface area contributed by atoms with Gasteiger partial charge in [0.25, 0.3) is 5.56 Å². The summed E-state index contributed by atoms with van der Waals surface area (Å²) < 4.78 is 9.12. The summed E-state index contributed by atoms with van der Waals surface area (Å²) in [4.78, 5) is 31.1. The van der Waals surface area contributed by atoms with E-state index in [0.29, 0.717) is 55.9 Å². The Balaban J connectivity index is 1.23. The summed E-state index contributed by atoms with van der Waals surface area (Å²) in [5.74, 6) is 1.35. The van der Waals surface area contributed by atoms with E-state index < -0.39 is 0 Å². The van der Waals surface area contributed by atoms with Crippen LogP contribution in [-0.2, 0) is 22.5 Å². The quantitative estimate of drug-likeness (QED) is 0.405. The van der Waals surface area contributed by atoms with Gasteiger partial charge in [-0.15, -0.1) is 10.2 Å². The second-order valence-electron chi connectivity index (χ2n) is 10.1. The maximum atomic E-state index is 13.4. The number of piperazine rings is 1. The molecule has 9 heteroatoms. The van der Waals surface area contributed by atoms with Gasteiger partial charge in [-0.05, 0) is 31.0 Å². The second kappa shape index (κ2) is 10.1. The van der Waals surface area contributed by atoms with Crippen LogP contribution in [0.5, 0.6) is 0 Å². The molecule has 0 N–H and O–H groups in total. The highest BCUT2D eigenvalue weighted by Gasteiger charge is 2.27. The van der Waals surface area contributed by atoms with Crippen LogP contribution in [-0.4, -0.2) is 74.3 Å². The molecule has 1 amide bonds. The zero-order valence-electron chi connectivity index (χ0n) is 21.1. The number of carbonyl (C=O) groups excluding carboxylic acids is 1. The highest BCUT2D eigenvalue weighted by atomic mass is 16.5. The zero-order chi connectivity index (χ0) is 25.4. The summed E-state index contributed by atoms with van der Waals surface area (Å²) in [6.45, 7) is 7.12. The zero-order valence-corrected chi connectivity index (χ0v) is 21.1. The van der Waals surface area contributed by atoms with Gasteiger partial charge in [0, 0.05) is 51.3 Å². The minimum Gasteiger partial charge on any atom is -0.381 e. The summed E-state index contributed by atoms with van der Waals surface area (Å²) in [5.41, 5.74) is 1.94. The van der Waals surface area contributed by atoms with Gasteiger partial charge < -0.3 is 9.64 Å². The van der Waals surface area contributed by atoms with Gasteiger partial charge in [0.1, 0.15) is 5.82 Å². The maximum Gasteiger partial charge on any atom is 0.262 e. The van der Waals surface area contributed by atoms with Crippen LogP contribution in [0.4, 0.5) is 0 Å². The third-order valence-electron chi connectivity index (χ3n) is 7.85. The number of fused-ring (bicyclic) bond motifs is 3. The van der Waals surface area contributed by atoms with Gasteiger partial charge >= 0.3 is 0 Å². The molecule has 2 saturated heterocycles. The van der Waals surface area contributed by atoms with Crippen molar-refractivity contribution in [2.24, 2.45) is 5.92 Å². The van der Waals surface area contributed by atoms with Crippen molar-refractivity contribution < 1.29 is 9.53 Å². The molecule has 4 heterocycles. The number of benzene rings is 2. The monoisotopic (exact) mass is 500 g/mol. The number of hydrogen-bond donors (Lipinski definition) is 0. The van der Waals surface area contributed by atoms with Crippen molar-refractivity contribution in [2.45, 2.75) is 32.4 Å². The van der Waals surface area contributed by atoms with Gasteiger partial charge in [-0.1, -0.05) is 42.5 Å². The fraction of sp³-hybridized carbons (Fsp3) is 0.429. The summed E-state index contributed by atoms with van der Waals surface area (Å²) in [7, 11) is 0. The lowest BCUT2D eigenvalue weighted by Crippen LogP contribution is -2.49. The van der Waals surface area contributed by atoms with Crippen molar-refractivity contribution in [3.63, 3.8) is 0 Å². The van der Waals surface area contributed by atoms with E-state index in [9.17, 15) is 9.59 Å². The number of aromatic nitrogens is 4. The van der Waals surface area contributed by atoms with Gasteiger partial charge in [-0.3, -0.25) is 23.5 Å². The number of carbonyl (C=O) groups is 1. The van der Waals surface area contributed by atoms with Crippen molar-refractivity contribution in [1.29, 1.82) is 0 Å². The first-order valence-corrected chi connectivity index (χ1v) is 13.1. The molecule has 9 nitrogen and oxygen atoms in total. The van der Waals surface area contributed by atoms with Crippen LogP contribution < -0.4 is 5.56 Å². The van der Waals surface area contributed by atoms with Crippen molar-refractivity contribution >= 4 is 22.6 Å². The molecule has 0 spiro atoms. The highest BCUT2D eigenvalue weighted by molar-refractivity contribution is 5.82. The lowest BCUT2D eigenvalue weighted by atomic mass is 10.1. The molecular formula is C28H32N6O3. The number of rotatable bonds is 6. The predicted octanol–water partition coefficient (Wildman–Crippen LogP) is 2.53. The van der Waals surface area contributed by atoms with Crippen LogP contribution in [0.1, 0.15) is 30.8 Å². The summed E-state index contributed by atoms with van der Waals surface area (Å²) in [5, 5.41) is 9.40. The van der Waals surface area contributed by atoms with Crippen molar-refractivity contribution in [1.82, 2.24) is 29.0 Å². The van der Waals surface area contributed by atoms with Crippen LogP contribution in [0.3, 0.4) is 0 Å². The van der Waals surface area contributed by atoms with E-state index >= 15 is 0 Å². The van der Waals surface area contributed by atoms with E-state index in [2.05, 4.69) is 46.3 Å². The molecule has 2 aliphatic heterocycles. The van der Waals surface area contributed by atoms with Gasteiger partial charge in [-0.25, -0.2) is 0 Å². The van der Waals surface area contributed by atoms with Crippen LogP contribution in [0.2, 0.25) is 0 Å². The molecule has 2 unspecified atom stereocenters. The molecule has 2 fully saturated rings. The maximum absolute atomic E-state index is 13.4. The van der Waals surface area contributed by atoms with E-state index in [-0.39, 0.29) is 23.8 Å². The van der Waals surface area contributed by atoms with E-state index in [4.69, 9.17) is 4.74 Å². The molecule has 2 aromatic carbocycles. The minimum absolute atomic E-state index is 0.0346. The molecule has 4 aromatic rings. The summed E-state index contributed by atoms with van der Waals surface area (Å²) in [6, 6.07) is 18.3. The second-order valence-corrected chi connectivity index (χ2v) is 10.1. The first kappa shape index (κ1) is 23.8. The lowest BCUT2D eigenvalue weighted by Gasteiger charge is -2.38. The highest BCUT2D eigenvalue weighted by Crippen LogP contribution is 2.22. The van der Waals surface area contributed by atoms with Gasteiger partial charge in [0.2, 0.25) is 11.7 Å². The Morgan fingerprint density at radius 3 is 2.54 bits per heavy atom. The first-order chi connectivity index (χ1) is 18.1. The number of para-hydroxylation sites is 1. The smallest absolute Gasteiger partial charge is 0.262 e. The Bertz CT molecular complexity index is 1470. The van der Waals surface area contributed by atoms with Gasteiger partial charge in [0.15, 0.2) is 0 Å². The molecule has 2 aliphatic rings. The van der Waals surface area contributed by atoms with Gasteiger partial charge in [-0.2, -0.15) is 0 Å². The molecular weight excluding hydrogens is 468 g/mol. The third kappa shape index (κ3) is 4.53. The Kier molecular flexibility index (Phi) is 6.48. The van der Waals surface area contributed by atoms with Crippen LogP contribution in [0.15, 0.2) is 59.4 Å². The predicted molar refractivity (Wildman–Crippen MR) is 140 cm³/mol. The van der Waals surface area contributed by atoms with Crippen molar-refractivity contribution in [3.8, 4) is 0 Å². The molecule has 37 heavy (non-hydrogen) atoms. The average Bonchev–Trinajstić information content (AvgIpc) is 3.61. The number of ether oxygens (including phenoxy) is 1. The normalized spacial score (nSPS) is 19.6. The Labute approximate surface area is 215 Å². The number of amides is 1. The van der Waals surface area contributed by atoms with E-state index in [1.54, 1.807) is 4.57 Å². The minimum atomic E-state index is -0.0797. The Hall–Kier alpha value is -3.56. The van der Waals surface area contributed by atoms with Crippen molar-refractivity contribution in [3.05, 3.63) is 76.3 Å². The fourth-order valence-electron chi connectivity index (χ4n) is 5.63. The Morgan fingerprint density at radius 1 is 1.03 bits per heavy atom. The molecule has 2 atom stereocenters.